The third kappa shape index (κ3) is 4.06. The van der Waals surface area contributed by atoms with E-state index < -0.39 is 0 Å². The largest absolute Gasteiger partial charge is 0.370 e. The fourth-order valence-corrected chi connectivity index (χ4v) is 2.55. The molecule has 0 aliphatic carbocycles. The number of rotatable bonds is 6. The van der Waals surface area contributed by atoms with Crippen LogP contribution in [0.15, 0.2) is 6.07 Å². The van der Waals surface area contributed by atoms with Gasteiger partial charge in [0.2, 0.25) is 0 Å². The Hall–Kier alpha value is -1.36. The summed E-state index contributed by atoms with van der Waals surface area (Å²) in [5, 5.41) is 6.69. The molecule has 0 spiro atoms. The zero-order valence-corrected chi connectivity index (χ0v) is 12.2. The molecule has 0 aromatic carbocycles. The van der Waals surface area contributed by atoms with E-state index in [1.807, 2.05) is 13.0 Å². The summed E-state index contributed by atoms with van der Waals surface area (Å²) in [6.45, 7) is 11.7. The number of nitrogens with zero attached hydrogens (tertiary/aromatic N) is 3. The molecule has 1 aromatic heterocycles. The first kappa shape index (κ1) is 14.1. The summed E-state index contributed by atoms with van der Waals surface area (Å²) in [5.41, 5.74) is 0. The van der Waals surface area contributed by atoms with Gasteiger partial charge in [-0.1, -0.05) is 6.92 Å². The van der Waals surface area contributed by atoms with Crippen LogP contribution in [0.5, 0.6) is 0 Å². The first-order chi connectivity index (χ1) is 9.21. The van der Waals surface area contributed by atoms with Gasteiger partial charge in [0.15, 0.2) is 0 Å². The zero-order chi connectivity index (χ0) is 13.7. The van der Waals surface area contributed by atoms with Crippen molar-refractivity contribution in [1.29, 1.82) is 0 Å². The fourth-order valence-electron chi connectivity index (χ4n) is 2.55. The highest BCUT2D eigenvalue weighted by Crippen LogP contribution is 2.17. The second-order valence-electron chi connectivity index (χ2n) is 5.14. The van der Waals surface area contributed by atoms with Crippen molar-refractivity contribution in [3.8, 4) is 0 Å². The summed E-state index contributed by atoms with van der Waals surface area (Å²) >= 11 is 0. The molecule has 1 aliphatic heterocycles. The lowest BCUT2D eigenvalue weighted by Crippen LogP contribution is -2.22. The van der Waals surface area contributed by atoms with Crippen molar-refractivity contribution in [2.24, 2.45) is 5.92 Å². The van der Waals surface area contributed by atoms with E-state index in [0.717, 1.165) is 43.0 Å². The van der Waals surface area contributed by atoms with Crippen LogP contribution in [0.25, 0.3) is 0 Å². The van der Waals surface area contributed by atoms with Crippen LogP contribution >= 0.6 is 0 Å². The molecule has 106 valence electrons. The minimum absolute atomic E-state index is 0.734. The standard InChI is InChI=1S/C14H25N5/c1-4-15-13-8-14(18-11(3)17-13)16-9-12-6-7-19(5-2)10-12/h8,12H,4-7,9-10H2,1-3H3,(H2,15,16,17,18). The third-order valence-electron chi connectivity index (χ3n) is 3.58. The van der Waals surface area contributed by atoms with Gasteiger partial charge in [0.1, 0.15) is 17.5 Å². The molecule has 19 heavy (non-hydrogen) atoms. The quantitative estimate of drug-likeness (QED) is 0.822. The average Bonchev–Trinajstić information content (AvgIpc) is 2.84. The Balaban J connectivity index is 1.88. The summed E-state index contributed by atoms with van der Waals surface area (Å²) in [7, 11) is 0. The number of likely N-dealkylation sites (tertiary alicyclic amines) is 1. The Morgan fingerprint density at radius 1 is 1.26 bits per heavy atom. The van der Waals surface area contributed by atoms with E-state index in [4.69, 9.17) is 0 Å². The van der Waals surface area contributed by atoms with Crippen molar-refractivity contribution in [3.05, 3.63) is 11.9 Å². The van der Waals surface area contributed by atoms with Gasteiger partial charge < -0.3 is 15.5 Å². The van der Waals surface area contributed by atoms with Crippen molar-refractivity contribution < 1.29 is 0 Å². The van der Waals surface area contributed by atoms with Crippen LogP contribution in [0.3, 0.4) is 0 Å². The Kier molecular flexibility index (Phi) is 4.96. The highest BCUT2D eigenvalue weighted by atomic mass is 15.1. The van der Waals surface area contributed by atoms with E-state index in [9.17, 15) is 0 Å². The molecule has 0 amide bonds. The highest BCUT2D eigenvalue weighted by molar-refractivity contribution is 5.47. The van der Waals surface area contributed by atoms with Gasteiger partial charge in [-0.15, -0.1) is 0 Å². The monoisotopic (exact) mass is 263 g/mol. The van der Waals surface area contributed by atoms with Crippen LogP contribution < -0.4 is 10.6 Å². The van der Waals surface area contributed by atoms with Crippen molar-refractivity contribution in [3.63, 3.8) is 0 Å². The molecule has 1 saturated heterocycles. The topological polar surface area (TPSA) is 53.1 Å². The lowest BCUT2D eigenvalue weighted by atomic mass is 10.1. The van der Waals surface area contributed by atoms with Gasteiger partial charge in [0, 0.05) is 25.7 Å². The Morgan fingerprint density at radius 2 is 2.00 bits per heavy atom. The summed E-state index contributed by atoms with van der Waals surface area (Å²) in [4.78, 5) is 11.3. The van der Waals surface area contributed by atoms with E-state index in [-0.39, 0.29) is 0 Å². The van der Waals surface area contributed by atoms with Gasteiger partial charge in [-0.2, -0.15) is 0 Å². The molecular weight excluding hydrogens is 238 g/mol. The number of aryl methyl sites for hydroxylation is 1. The molecule has 2 rings (SSSR count). The highest BCUT2D eigenvalue weighted by Gasteiger charge is 2.20. The summed E-state index contributed by atoms with van der Waals surface area (Å²) in [6, 6.07) is 1.99. The summed E-state index contributed by atoms with van der Waals surface area (Å²) < 4.78 is 0. The molecule has 1 atom stereocenters. The van der Waals surface area contributed by atoms with Gasteiger partial charge in [-0.3, -0.25) is 0 Å². The lowest BCUT2D eigenvalue weighted by molar-refractivity contribution is 0.345. The van der Waals surface area contributed by atoms with Gasteiger partial charge in [-0.05, 0) is 39.3 Å². The van der Waals surface area contributed by atoms with E-state index in [1.54, 1.807) is 0 Å². The predicted octanol–water partition coefficient (Wildman–Crippen LogP) is 1.97. The van der Waals surface area contributed by atoms with Crippen LogP contribution in [0.4, 0.5) is 11.6 Å². The second kappa shape index (κ2) is 6.70. The molecule has 5 nitrogen and oxygen atoms in total. The smallest absolute Gasteiger partial charge is 0.131 e. The van der Waals surface area contributed by atoms with Crippen molar-refractivity contribution in [1.82, 2.24) is 14.9 Å². The van der Waals surface area contributed by atoms with E-state index in [0.29, 0.717) is 0 Å². The average molecular weight is 263 g/mol. The third-order valence-corrected chi connectivity index (χ3v) is 3.58. The van der Waals surface area contributed by atoms with Gasteiger partial charge >= 0.3 is 0 Å². The van der Waals surface area contributed by atoms with Crippen LogP contribution in [0.2, 0.25) is 0 Å². The van der Waals surface area contributed by atoms with Crippen LogP contribution in [-0.2, 0) is 0 Å². The zero-order valence-electron chi connectivity index (χ0n) is 12.2. The van der Waals surface area contributed by atoms with Crippen LogP contribution in [0, 0.1) is 12.8 Å². The molecule has 1 aliphatic rings. The first-order valence-electron chi connectivity index (χ1n) is 7.27. The van der Waals surface area contributed by atoms with Crippen LogP contribution in [-0.4, -0.2) is 47.6 Å². The summed E-state index contributed by atoms with van der Waals surface area (Å²) in [6.07, 6.45) is 1.28. The maximum Gasteiger partial charge on any atom is 0.131 e. The molecule has 2 heterocycles. The second-order valence-corrected chi connectivity index (χ2v) is 5.14. The normalized spacial score (nSPS) is 19.6. The molecule has 0 bridgehead atoms. The maximum atomic E-state index is 4.44. The number of hydrogen-bond donors (Lipinski definition) is 2. The molecule has 1 aromatic rings. The van der Waals surface area contributed by atoms with Gasteiger partial charge in [0.25, 0.3) is 0 Å². The van der Waals surface area contributed by atoms with E-state index in [1.165, 1.54) is 19.5 Å². The number of aromatic nitrogens is 2. The number of nitrogens with one attached hydrogen (secondary N) is 2. The van der Waals surface area contributed by atoms with E-state index >= 15 is 0 Å². The lowest BCUT2D eigenvalue weighted by Gasteiger charge is -2.14. The molecule has 1 unspecified atom stereocenters. The maximum absolute atomic E-state index is 4.44. The molecule has 5 heteroatoms. The van der Waals surface area contributed by atoms with Crippen molar-refractivity contribution in [2.75, 3.05) is 43.4 Å². The Morgan fingerprint density at radius 3 is 2.63 bits per heavy atom. The Bertz CT molecular complexity index is 407. The predicted molar refractivity (Wildman–Crippen MR) is 79.6 cm³/mol. The first-order valence-corrected chi connectivity index (χ1v) is 7.27. The van der Waals surface area contributed by atoms with Crippen LogP contribution in [0.1, 0.15) is 26.1 Å². The van der Waals surface area contributed by atoms with Crippen molar-refractivity contribution >= 4 is 11.6 Å². The summed E-state index contributed by atoms with van der Waals surface area (Å²) in [5.74, 6) is 3.37. The fraction of sp³-hybridized carbons (Fsp3) is 0.714. The SMILES string of the molecule is CCNc1cc(NCC2CCN(CC)C2)nc(C)n1. The minimum Gasteiger partial charge on any atom is -0.370 e. The molecule has 1 fully saturated rings. The molecule has 2 N–H and O–H groups in total. The van der Waals surface area contributed by atoms with Gasteiger partial charge in [-0.25, -0.2) is 9.97 Å². The molecule has 0 radical (unpaired) electrons. The molecular formula is C14H25N5. The number of anilines is 2. The molecule has 0 saturated carbocycles. The van der Waals surface area contributed by atoms with Gasteiger partial charge in [0.05, 0.1) is 0 Å². The van der Waals surface area contributed by atoms with Crippen molar-refractivity contribution in [2.45, 2.75) is 27.2 Å². The minimum atomic E-state index is 0.734. The van der Waals surface area contributed by atoms with E-state index in [2.05, 4.69) is 39.3 Å². The Labute approximate surface area is 115 Å². The number of hydrogen-bond acceptors (Lipinski definition) is 5.